The predicted molar refractivity (Wildman–Crippen MR) is 59.3 cm³/mol. The SMILES string of the molecule is C[C@H]1CN(Cc2ccccc2)CC(=O)N1. The lowest BCUT2D eigenvalue weighted by Gasteiger charge is -2.31. The van der Waals surface area contributed by atoms with E-state index in [1.807, 2.05) is 25.1 Å². The number of nitrogens with one attached hydrogen (secondary N) is 1. The molecule has 80 valence electrons. The van der Waals surface area contributed by atoms with Gasteiger partial charge in [-0.3, -0.25) is 9.69 Å². The van der Waals surface area contributed by atoms with E-state index in [4.69, 9.17) is 0 Å². The standard InChI is InChI=1S/C12H16N2O/c1-10-7-14(9-12(15)13-10)8-11-5-3-2-4-6-11/h2-6,10H,7-9H2,1H3,(H,13,15)/t10-/m0/s1. The van der Waals surface area contributed by atoms with Crippen molar-refractivity contribution in [3.63, 3.8) is 0 Å². The van der Waals surface area contributed by atoms with E-state index < -0.39 is 0 Å². The van der Waals surface area contributed by atoms with E-state index in [-0.39, 0.29) is 11.9 Å². The van der Waals surface area contributed by atoms with E-state index in [0.717, 1.165) is 13.1 Å². The van der Waals surface area contributed by atoms with E-state index in [9.17, 15) is 4.79 Å². The summed E-state index contributed by atoms with van der Waals surface area (Å²) in [6.07, 6.45) is 0. The number of hydrogen-bond donors (Lipinski definition) is 1. The Morgan fingerprint density at radius 2 is 2.13 bits per heavy atom. The minimum Gasteiger partial charge on any atom is -0.351 e. The second-order valence-corrected chi connectivity index (χ2v) is 4.12. The van der Waals surface area contributed by atoms with Crippen molar-refractivity contribution < 1.29 is 4.79 Å². The van der Waals surface area contributed by atoms with Gasteiger partial charge in [-0.15, -0.1) is 0 Å². The second-order valence-electron chi connectivity index (χ2n) is 4.12. The average Bonchev–Trinajstić information content (AvgIpc) is 2.17. The van der Waals surface area contributed by atoms with Crippen molar-refractivity contribution >= 4 is 5.91 Å². The number of benzene rings is 1. The highest BCUT2D eigenvalue weighted by molar-refractivity contribution is 5.79. The van der Waals surface area contributed by atoms with Gasteiger partial charge in [0.05, 0.1) is 6.54 Å². The summed E-state index contributed by atoms with van der Waals surface area (Å²) >= 11 is 0. The molecule has 1 N–H and O–H groups in total. The summed E-state index contributed by atoms with van der Waals surface area (Å²) in [5.41, 5.74) is 1.26. The maximum Gasteiger partial charge on any atom is 0.234 e. The van der Waals surface area contributed by atoms with Crippen LogP contribution in [0.15, 0.2) is 30.3 Å². The van der Waals surface area contributed by atoms with Crippen LogP contribution < -0.4 is 5.32 Å². The maximum atomic E-state index is 11.3. The fourth-order valence-corrected chi connectivity index (χ4v) is 1.98. The highest BCUT2D eigenvalue weighted by Gasteiger charge is 2.20. The van der Waals surface area contributed by atoms with Gasteiger partial charge >= 0.3 is 0 Å². The summed E-state index contributed by atoms with van der Waals surface area (Å²) in [6, 6.07) is 10.5. The topological polar surface area (TPSA) is 32.3 Å². The van der Waals surface area contributed by atoms with Gasteiger partial charge in [0.15, 0.2) is 0 Å². The summed E-state index contributed by atoms with van der Waals surface area (Å²) in [5, 5.41) is 2.91. The van der Waals surface area contributed by atoms with E-state index >= 15 is 0 Å². The predicted octanol–water partition coefficient (Wildman–Crippen LogP) is 1.01. The van der Waals surface area contributed by atoms with Gasteiger partial charge in [-0.1, -0.05) is 30.3 Å². The Kier molecular flexibility index (Phi) is 3.02. The summed E-state index contributed by atoms with van der Waals surface area (Å²) in [4.78, 5) is 13.5. The molecule has 1 fully saturated rings. The molecule has 0 bridgehead atoms. The molecule has 1 amide bonds. The van der Waals surface area contributed by atoms with Crippen LogP contribution >= 0.6 is 0 Å². The molecular weight excluding hydrogens is 188 g/mol. The monoisotopic (exact) mass is 204 g/mol. The van der Waals surface area contributed by atoms with Crippen molar-refractivity contribution in [3.05, 3.63) is 35.9 Å². The van der Waals surface area contributed by atoms with Gasteiger partial charge < -0.3 is 5.32 Å². The third-order valence-electron chi connectivity index (χ3n) is 2.56. The molecule has 0 unspecified atom stereocenters. The third-order valence-corrected chi connectivity index (χ3v) is 2.56. The fourth-order valence-electron chi connectivity index (χ4n) is 1.98. The van der Waals surface area contributed by atoms with Crippen LogP contribution in [-0.2, 0) is 11.3 Å². The molecule has 1 saturated heterocycles. The summed E-state index contributed by atoms with van der Waals surface area (Å²) < 4.78 is 0. The Morgan fingerprint density at radius 1 is 1.40 bits per heavy atom. The molecular formula is C12H16N2O. The van der Waals surface area contributed by atoms with Crippen LogP contribution in [0.2, 0.25) is 0 Å². The highest BCUT2D eigenvalue weighted by atomic mass is 16.2. The molecule has 1 aliphatic rings. The van der Waals surface area contributed by atoms with Crippen molar-refractivity contribution in [3.8, 4) is 0 Å². The molecule has 1 atom stereocenters. The minimum atomic E-state index is 0.129. The molecule has 0 spiro atoms. The highest BCUT2D eigenvalue weighted by Crippen LogP contribution is 2.07. The Hall–Kier alpha value is -1.35. The van der Waals surface area contributed by atoms with Crippen LogP contribution in [0.4, 0.5) is 0 Å². The van der Waals surface area contributed by atoms with Crippen LogP contribution in [-0.4, -0.2) is 29.9 Å². The molecule has 1 aromatic carbocycles. The average molecular weight is 204 g/mol. The molecule has 1 heterocycles. The molecule has 3 heteroatoms. The molecule has 15 heavy (non-hydrogen) atoms. The molecule has 0 aromatic heterocycles. The normalized spacial score (nSPS) is 22.5. The number of nitrogens with zero attached hydrogens (tertiary/aromatic N) is 1. The van der Waals surface area contributed by atoms with Gasteiger partial charge in [0.25, 0.3) is 0 Å². The third kappa shape index (κ3) is 2.80. The first-order valence-electron chi connectivity index (χ1n) is 5.29. The largest absolute Gasteiger partial charge is 0.351 e. The zero-order valence-electron chi connectivity index (χ0n) is 8.94. The number of rotatable bonds is 2. The van der Waals surface area contributed by atoms with E-state index in [0.29, 0.717) is 6.54 Å². The molecule has 2 rings (SSSR count). The first-order chi connectivity index (χ1) is 7.24. The first kappa shape index (κ1) is 10.2. The number of piperazine rings is 1. The zero-order valence-corrected chi connectivity index (χ0v) is 8.94. The lowest BCUT2D eigenvalue weighted by molar-refractivity contribution is -0.125. The van der Waals surface area contributed by atoms with Crippen LogP contribution in [0.25, 0.3) is 0 Å². The smallest absolute Gasteiger partial charge is 0.234 e. The van der Waals surface area contributed by atoms with E-state index in [2.05, 4.69) is 22.3 Å². The first-order valence-corrected chi connectivity index (χ1v) is 5.29. The van der Waals surface area contributed by atoms with Crippen LogP contribution in [0.5, 0.6) is 0 Å². The number of carbonyl (C=O) groups is 1. The van der Waals surface area contributed by atoms with Crippen molar-refractivity contribution in [2.75, 3.05) is 13.1 Å². The van der Waals surface area contributed by atoms with Crippen LogP contribution in [0, 0.1) is 0 Å². The Labute approximate surface area is 90.1 Å². The minimum absolute atomic E-state index is 0.129. The van der Waals surface area contributed by atoms with E-state index in [1.54, 1.807) is 0 Å². The van der Waals surface area contributed by atoms with Gasteiger partial charge in [0, 0.05) is 19.1 Å². The Balaban J connectivity index is 1.97. The quantitative estimate of drug-likeness (QED) is 0.779. The summed E-state index contributed by atoms with van der Waals surface area (Å²) in [7, 11) is 0. The van der Waals surface area contributed by atoms with Crippen LogP contribution in [0.1, 0.15) is 12.5 Å². The maximum absolute atomic E-state index is 11.3. The summed E-state index contributed by atoms with van der Waals surface area (Å²) in [6.45, 7) is 4.34. The van der Waals surface area contributed by atoms with Gasteiger partial charge in [-0.2, -0.15) is 0 Å². The lowest BCUT2D eigenvalue weighted by Crippen LogP contribution is -2.52. The van der Waals surface area contributed by atoms with Crippen molar-refractivity contribution in [1.82, 2.24) is 10.2 Å². The van der Waals surface area contributed by atoms with Gasteiger partial charge in [-0.25, -0.2) is 0 Å². The Bertz CT molecular complexity index is 337. The zero-order chi connectivity index (χ0) is 10.7. The molecule has 0 radical (unpaired) electrons. The molecule has 0 saturated carbocycles. The van der Waals surface area contributed by atoms with Gasteiger partial charge in [0.1, 0.15) is 0 Å². The van der Waals surface area contributed by atoms with Crippen LogP contribution in [0.3, 0.4) is 0 Å². The molecule has 0 aliphatic carbocycles. The second kappa shape index (κ2) is 4.45. The lowest BCUT2D eigenvalue weighted by atomic mass is 10.1. The number of amides is 1. The number of carbonyl (C=O) groups excluding carboxylic acids is 1. The molecule has 1 aliphatic heterocycles. The van der Waals surface area contributed by atoms with Crippen molar-refractivity contribution in [1.29, 1.82) is 0 Å². The fraction of sp³-hybridized carbons (Fsp3) is 0.417. The van der Waals surface area contributed by atoms with E-state index in [1.165, 1.54) is 5.56 Å². The van der Waals surface area contributed by atoms with Crippen molar-refractivity contribution in [2.24, 2.45) is 0 Å². The summed E-state index contributed by atoms with van der Waals surface area (Å²) in [5.74, 6) is 0.129. The van der Waals surface area contributed by atoms with Gasteiger partial charge in [0.2, 0.25) is 5.91 Å². The molecule has 1 aromatic rings. The number of hydrogen-bond acceptors (Lipinski definition) is 2. The van der Waals surface area contributed by atoms with Crippen molar-refractivity contribution in [2.45, 2.75) is 19.5 Å². The van der Waals surface area contributed by atoms with Gasteiger partial charge in [-0.05, 0) is 12.5 Å². The molecule has 3 nitrogen and oxygen atoms in total. The Morgan fingerprint density at radius 3 is 2.80 bits per heavy atom.